The van der Waals surface area contributed by atoms with E-state index in [4.69, 9.17) is 0 Å². The highest BCUT2D eigenvalue weighted by Gasteiger charge is 2.20. The Hall–Kier alpha value is -2.79. The highest BCUT2D eigenvalue weighted by atomic mass is 32.2. The van der Waals surface area contributed by atoms with Crippen LogP contribution in [0.25, 0.3) is 0 Å². The van der Waals surface area contributed by atoms with Crippen molar-refractivity contribution in [2.75, 3.05) is 10.6 Å². The third kappa shape index (κ3) is 4.93. The molecule has 2 amide bonds. The number of thioether (sulfide) groups is 1. The minimum atomic E-state index is -0.509. The monoisotopic (exact) mass is 420 g/mol. The van der Waals surface area contributed by atoms with Gasteiger partial charge in [0.25, 0.3) is 0 Å². The standard InChI is InChI=1S/C17H17FN6O2S2/c1-10(15(26)21-16-19-7-8-27-16)28-17-23-22-13(24(17)2)9-14(25)20-12-6-4-3-5-11(12)18/h3-8,10H,9H2,1-2H3,(H,20,25)(H,19,21,26)/t10-/m0/s1. The van der Waals surface area contributed by atoms with Crippen LogP contribution in [0.4, 0.5) is 15.2 Å². The summed E-state index contributed by atoms with van der Waals surface area (Å²) in [7, 11) is 1.71. The number of hydrogen-bond donors (Lipinski definition) is 2. The number of aromatic nitrogens is 4. The zero-order valence-electron chi connectivity index (χ0n) is 15.0. The Morgan fingerprint density at radius 1 is 1.29 bits per heavy atom. The fourth-order valence-electron chi connectivity index (χ4n) is 2.21. The van der Waals surface area contributed by atoms with Gasteiger partial charge in [0.15, 0.2) is 10.3 Å². The van der Waals surface area contributed by atoms with Gasteiger partial charge in [0, 0.05) is 18.6 Å². The molecule has 0 aliphatic carbocycles. The first kappa shape index (κ1) is 20.0. The third-order valence-electron chi connectivity index (χ3n) is 3.71. The first-order valence-corrected chi connectivity index (χ1v) is 9.99. The molecule has 28 heavy (non-hydrogen) atoms. The smallest absolute Gasteiger partial charge is 0.239 e. The first-order valence-electron chi connectivity index (χ1n) is 8.23. The van der Waals surface area contributed by atoms with E-state index >= 15 is 0 Å². The number of nitrogens with zero attached hydrogens (tertiary/aromatic N) is 4. The predicted octanol–water partition coefficient (Wildman–Crippen LogP) is 2.71. The lowest BCUT2D eigenvalue weighted by Gasteiger charge is -2.10. The summed E-state index contributed by atoms with van der Waals surface area (Å²) < 4.78 is 15.3. The normalized spacial score (nSPS) is 11.8. The highest BCUT2D eigenvalue weighted by molar-refractivity contribution is 8.00. The number of amides is 2. The molecule has 3 rings (SSSR count). The van der Waals surface area contributed by atoms with Crippen molar-refractivity contribution < 1.29 is 14.0 Å². The van der Waals surface area contributed by atoms with Gasteiger partial charge < -0.3 is 15.2 Å². The van der Waals surface area contributed by atoms with E-state index in [1.165, 1.54) is 35.2 Å². The SMILES string of the molecule is C[C@H](Sc1nnc(CC(=O)Nc2ccccc2F)n1C)C(=O)Nc1nccs1. The van der Waals surface area contributed by atoms with Gasteiger partial charge >= 0.3 is 0 Å². The summed E-state index contributed by atoms with van der Waals surface area (Å²) in [5.74, 6) is -0.720. The Kier molecular flexibility index (Phi) is 6.37. The molecule has 0 saturated heterocycles. The molecule has 146 valence electrons. The van der Waals surface area contributed by atoms with E-state index in [-0.39, 0.29) is 18.0 Å². The number of nitrogens with one attached hydrogen (secondary N) is 2. The van der Waals surface area contributed by atoms with Gasteiger partial charge in [0.1, 0.15) is 11.6 Å². The molecule has 0 unspecified atom stereocenters. The second kappa shape index (κ2) is 8.93. The largest absolute Gasteiger partial charge is 0.323 e. The van der Waals surface area contributed by atoms with Crippen LogP contribution in [0.1, 0.15) is 12.7 Å². The molecular formula is C17H17FN6O2S2. The second-order valence-electron chi connectivity index (χ2n) is 5.75. The Morgan fingerprint density at radius 3 is 2.79 bits per heavy atom. The van der Waals surface area contributed by atoms with Crippen LogP contribution in [0.3, 0.4) is 0 Å². The van der Waals surface area contributed by atoms with Gasteiger partial charge in [-0.25, -0.2) is 9.37 Å². The van der Waals surface area contributed by atoms with Gasteiger partial charge in [-0.3, -0.25) is 9.59 Å². The number of halogens is 1. The Balaban J connectivity index is 1.59. The molecule has 0 aliphatic heterocycles. The van der Waals surface area contributed by atoms with Gasteiger partial charge in [-0.2, -0.15) is 0 Å². The summed E-state index contributed by atoms with van der Waals surface area (Å²) in [4.78, 5) is 28.4. The number of hydrogen-bond acceptors (Lipinski definition) is 7. The highest BCUT2D eigenvalue weighted by Crippen LogP contribution is 2.23. The molecule has 0 aliphatic rings. The van der Waals surface area contributed by atoms with Gasteiger partial charge in [0.05, 0.1) is 17.4 Å². The van der Waals surface area contributed by atoms with Crippen LogP contribution in [-0.4, -0.2) is 36.8 Å². The van der Waals surface area contributed by atoms with E-state index in [1.807, 2.05) is 0 Å². The summed E-state index contributed by atoms with van der Waals surface area (Å²) in [6.07, 6.45) is 1.54. The minimum absolute atomic E-state index is 0.0713. The molecule has 0 fully saturated rings. The van der Waals surface area contributed by atoms with Crippen molar-refractivity contribution in [2.45, 2.75) is 23.8 Å². The molecule has 0 radical (unpaired) electrons. The van der Waals surface area contributed by atoms with E-state index in [0.29, 0.717) is 16.1 Å². The van der Waals surface area contributed by atoms with Gasteiger partial charge in [-0.1, -0.05) is 23.9 Å². The number of anilines is 2. The lowest BCUT2D eigenvalue weighted by Crippen LogP contribution is -2.22. The van der Waals surface area contributed by atoms with Crippen LogP contribution >= 0.6 is 23.1 Å². The summed E-state index contributed by atoms with van der Waals surface area (Å²) >= 11 is 2.55. The average molecular weight is 420 g/mol. The Morgan fingerprint density at radius 2 is 2.07 bits per heavy atom. The summed E-state index contributed by atoms with van der Waals surface area (Å²) in [6.45, 7) is 1.74. The number of para-hydroxylation sites is 1. The van der Waals surface area contributed by atoms with Crippen LogP contribution in [0, 0.1) is 5.82 Å². The minimum Gasteiger partial charge on any atom is -0.323 e. The number of thiazole rings is 1. The third-order valence-corrected chi connectivity index (χ3v) is 5.53. The average Bonchev–Trinajstić information content (AvgIpc) is 3.29. The lowest BCUT2D eigenvalue weighted by atomic mass is 10.3. The summed E-state index contributed by atoms with van der Waals surface area (Å²) in [5, 5.41) is 15.6. The zero-order chi connectivity index (χ0) is 20.1. The summed E-state index contributed by atoms with van der Waals surface area (Å²) in [5.41, 5.74) is 0.108. The van der Waals surface area contributed by atoms with E-state index in [9.17, 15) is 14.0 Å². The van der Waals surface area contributed by atoms with Gasteiger partial charge in [0.2, 0.25) is 11.8 Å². The quantitative estimate of drug-likeness (QED) is 0.570. The van der Waals surface area contributed by atoms with Crippen molar-refractivity contribution in [3.63, 3.8) is 0 Å². The second-order valence-corrected chi connectivity index (χ2v) is 7.95. The van der Waals surface area contributed by atoms with Crippen LogP contribution in [0.5, 0.6) is 0 Å². The molecular weight excluding hydrogens is 403 g/mol. The van der Waals surface area contributed by atoms with Crippen LogP contribution in [0.15, 0.2) is 41.0 Å². The van der Waals surface area contributed by atoms with Crippen LogP contribution in [-0.2, 0) is 23.1 Å². The fourth-order valence-corrected chi connectivity index (χ4v) is 3.57. The summed E-state index contributed by atoms with van der Waals surface area (Å²) in [6, 6.07) is 5.93. The molecule has 0 bridgehead atoms. The van der Waals surface area contributed by atoms with Crippen molar-refractivity contribution >= 4 is 45.7 Å². The van der Waals surface area contributed by atoms with Crippen molar-refractivity contribution in [2.24, 2.45) is 7.05 Å². The fraction of sp³-hybridized carbons (Fsp3) is 0.235. The van der Waals surface area contributed by atoms with Crippen molar-refractivity contribution in [3.8, 4) is 0 Å². The molecule has 11 heteroatoms. The molecule has 8 nitrogen and oxygen atoms in total. The Labute approximate surface area is 168 Å². The van der Waals surface area contributed by atoms with Crippen molar-refractivity contribution in [3.05, 3.63) is 47.5 Å². The number of rotatable bonds is 7. The van der Waals surface area contributed by atoms with Gasteiger partial charge in [-0.05, 0) is 19.1 Å². The maximum absolute atomic E-state index is 13.6. The molecule has 1 aromatic carbocycles. The zero-order valence-corrected chi connectivity index (χ0v) is 16.7. The maximum atomic E-state index is 13.6. The Bertz CT molecular complexity index is 976. The topological polar surface area (TPSA) is 102 Å². The van der Waals surface area contributed by atoms with Crippen LogP contribution in [0.2, 0.25) is 0 Å². The van der Waals surface area contributed by atoms with Crippen molar-refractivity contribution in [1.29, 1.82) is 0 Å². The lowest BCUT2D eigenvalue weighted by molar-refractivity contribution is -0.116. The molecule has 1 atom stereocenters. The van der Waals surface area contributed by atoms with E-state index in [0.717, 1.165) is 0 Å². The molecule has 3 aromatic rings. The van der Waals surface area contributed by atoms with E-state index in [1.54, 1.807) is 42.2 Å². The molecule has 2 N–H and O–H groups in total. The van der Waals surface area contributed by atoms with Crippen molar-refractivity contribution in [1.82, 2.24) is 19.7 Å². The van der Waals surface area contributed by atoms with Crippen LogP contribution < -0.4 is 10.6 Å². The van der Waals surface area contributed by atoms with Gasteiger partial charge in [-0.15, -0.1) is 21.5 Å². The maximum Gasteiger partial charge on any atom is 0.239 e. The predicted molar refractivity (Wildman–Crippen MR) is 106 cm³/mol. The molecule has 0 saturated carbocycles. The molecule has 2 heterocycles. The molecule has 2 aromatic heterocycles. The number of carbonyl (C=O) groups excluding carboxylic acids is 2. The number of carbonyl (C=O) groups is 2. The first-order chi connectivity index (χ1) is 13.4. The van der Waals surface area contributed by atoms with E-state index in [2.05, 4.69) is 25.8 Å². The van der Waals surface area contributed by atoms with E-state index < -0.39 is 17.0 Å². The number of benzene rings is 1. The molecule has 0 spiro atoms.